The zero-order chi connectivity index (χ0) is 18.3. The number of amides is 1. The Kier molecular flexibility index (Phi) is 4.05. The fraction of sp³-hybridized carbons (Fsp3) is 0.556. The number of nitrogens with one attached hydrogen (secondary N) is 1. The van der Waals surface area contributed by atoms with Gasteiger partial charge >= 0.3 is 0 Å². The lowest BCUT2D eigenvalue weighted by Gasteiger charge is -2.33. The van der Waals surface area contributed by atoms with Gasteiger partial charge in [-0.1, -0.05) is 12.1 Å². The lowest BCUT2D eigenvalue weighted by Crippen LogP contribution is -2.53. The Labute approximate surface area is 151 Å². The van der Waals surface area contributed by atoms with Gasteiger partial charge in [0, 0.05) is 19.7 Å². The summed E-state index contributed by atoms with van der Waals surface area (Å²) in [5.74, 6) is 0.559. The molecule has 2 aromatic rings. The maximum Gasteiger partial charge on any atom is 0.257 e. The van der Waals surface area contributed by atoms with E-state index in [4.69, 9.17) is 4.52 Å². The van der Waals surface area contributed by atoms with Gasteiger partial charge in [0.2, 0.25) is 0 Å². The molecule has 2 atom stereocenters. The van der Waals surface area contributed by atoms with E-state index in [0.29, 0.717) is 23.5 Å². The van der Waals surface area contributed by atoms with Gasteiger partial charge in [0.15, 0.2) is 0 Å². The van der Waals surface area contributed by atoms with Gasteiger partial charge in [-0.3, -0.25) is 9.59 Å². The molecule has 2 fully saturated rings. The number of nitrogens with zero attached hydrogens (tertiary/aromatic N) is 4. The van der Waals surface area contributed by atoms with Crippen LogP contribution in [0.2, 0.25) is 0 Å². The number of aryl methyl sites for hydroxylation is 2. The summed E-state index contributed by atoms with van der Waals surface area (Å²) in [5, 5.41) is 7.17. The van der Waals surface area contributed by atoms with Gasteiger partial charge in [-0.25, -0.2) is 4.98 Å². The van der Waals surface area contributed by atoms with Crippen molar-refractivity contribution in [3.05, 3.63) is 40.3 Å². The number of aromatic nitrogens is 3. The summed E-state index contributed by atoms with van der Waals surface area (Å²) in [6.45, 7) is 2.72. The van der Waals surface area contributed by atoms with Gasteiger partial charge in [0.05, 0.1) is 23.6 Å². The summed E-state index contributed by atoms with van der Waals surface area (Å²) >= 11 is 0. The van der Waals surface area contributed by atoms with Gasteiger partial charge in [-0.05, 0) is 32.1 Å². The smallest absolute Gasteiger partial charge is 0.257 e. The average molecular weight is 357 g/mol. The first-order valence-corrected chi connectivity index (χ1v) is 9.09. The number of hydrogen-bond acceptors (Lipinski definition) is 6. The molecule has 138 valence electrons. The summed E-state index contributed by atoms with van der Waals surface area (Å²) in [5.41, 5.74) is 0.822. The molecule has 1 aliphatic heterocycles. The van der Waals surface area contributed by atoms with Crippen molar-refractivity contribution < 1.29 is 9.32 Å². The van der Waals surface area contributed by atoms with Crippen LogP contribution in [0.1, 0.15) is 48.7 Å². The Hall–Kier alpha value is -2.64. The van der Waals surface area contributed by atoms with Crippen molar-refractivity contribution in [1.82, 2.24) is 20.0 Å². The highest BCUT2D eigenvalue weighted by molar-refractivity contribution is 5.95. The minimum Gasteiger partial charge on any atom is -0.364 e. The summed E-state index contributed by atoms with van der Waals surface area (Å²) in [6.07, 6.45) is 7.40. The predicted molar refractivity (Wildman–Crippen MR) is 95.2 cm³/mol. The van der Waals surface area contributed by atoms with Crippen LogP contribution in [-0.4, -0.2) is 38.7 Å². The second-order valence-corrected chi connectivity index (χ2v) is 7.19. The van der Waals surface area contributed by atoms with Crippen molar-refractivity contribution in [3.63, 3.8) is 0 Å². The third-order valence-electron chi connectivity index (χ3n) is 5.76. The highest BCUT2D eigenvalue weighted by atomic mass is 16.5. The molecule has 0 spiro atoms. The van der Waals surface area contributed by atoms with E-state index in [1.807, 2.05) is 6.92 Å². The standard InChI is InChI=1S/C18H23N5O3/c1-3-13-12(10-26-21-13)17(25)20-18-6-4-5-14(18)23(8-7-18)15-9-16(24)22(2)11-19-15/h9-11,14H,3-8H2,1-2H3,(H,20,25). The van der Waals surface area contributed by atoms with Gasteiger partial charge < -0.3 is 19.3 Å². The molecule has 2 aromatic heterocycles. The summed E-state index contributed by atoms with van der Waals surface area (Å²) < 4.78 is 6.44. The molecule has 4 rings (SSSR count). The molecule has 0 bridgehead atoms. The van der Waals surface area contributed by atoms with Crippen LogP contribution < -0.4 is 15.8 Å². The quantitative estimate of drug-likeness (QED) is 0.885. The maximum atomic E-state index is 12.8. The number of carbonyl (C=O) groups is 1. The fourth-order valence-electron chi connectivity index (χ4n) is 4.36. The van der Waals surface area contributed by atoms with Crippen LogP contribution in [0.5, 0.6) is 0 Å². The van der Waals surface area contributed by atoms with E-state index < -0.39 is 0 Å². The minimum absolute atomic E-state index is 0.0772. The fourth-order valence-corrected chi connectivity index (χ4v) is 4.36. The zero-order valence-corrected chi connectivity index (χ0v) is 15.1. The second kappa shape index (κ2) is 6.26. The van der Waals surface area contributed by atoms with Crippen molar-refractivity contribution >= 4 is 11.7 Å². The highest BCUT2D eigenvalue weighted by Crippen LogP contribution is 2.43. The number of anilines is 1. The minimum atomic E-state index is -0.290. The topological polar surface area (TPSA) is 93.3 Å². The van der Waals surface area contributed by atoms with E-state index in [1.54, 1.807) is 19.4 Å². The van der Waals surface area contributed by atoms with E-state index in [2.05, 4.69) is 20.4 Å². The van der Waals surface area contributed by atoms with Crippen molar-refractivity contribution in [2.24, 2.45) is 7.05 Å². The van der Waals surface area contributed by atoms with Crippen LogP contribution in [0.25, 0.3) is 0 Å². The summed E-state index contributed by atoms with van der Waals surface area (Å²) in [4.78, 5) is 31.4. The molecule has 8 nitrogen and oxygen atoms in total. The molecule has 26 heavy (non-hydrogen) atoms. The van der Waals surface area contributed by atoms with Gasteiger partial charge in [0.1, 0.15) is 17.6 Å². The molecule has 1 N–H and O–H groups in total. The van der Waals surface area contributed by atoms with Crippen molar-refractivity contribution in [2.75, 3.05) is 11.4 Å². The highest BCUT2D eigenvalue weighted by Gasteiger charge is 2.52. The Bertz CT molecular complexity index is 889. The first-order valence-electron chi connectivity index (χ1n) is 9.09. The van der Waals surface area contributed by atoms with Gasteiger partial charge in [-0.15, -0.1) is 0 Å². The molecule has 1 saturated heterocycles. The largest absolute Gasteiger partial charge is 0.364 e. The van der Waals surface area contributed by atoms with E-state index >= 15 is 0 Å². The molecule has 1 amide bonds. The Balaban J connectivity index is 1.59. The number of carbonyl (C=O) groups excluding carboxylic acids is 1. The van der Waals surface area contributed by atoms with Crippen molar-refractivity contribution in [3.8, 4) is 0 Å². The zero-order valence-electron chi connectivity index (χ0n) is 15.1. The molecule has 0 radical (unpaired) electrons. The molecule has 0 aromatic carbocycles. The van der Waals surface area contributed by atoms with E-state index in [-0.39, 0.29) is 23.0 Å². The normalized spacial score (nSPS) is 24.7. The second-order valence-electron chi connectivity index (χ2n) is 7.19. The van der Waals surface area contributed by atoms with Crippen molar-refractivity contribution in [2.45, 2.75) is 50.6 Å². The third-order valence-corrected chi connectivity index (χ3v) is 5.76. The van der Waals surface area contributed by atoms with Gasteiger partial charge in [-0.2, -0.15) is 0 Å². The molecular weight excluding hydrogens is 334 g/mol. The predicted octanol–water partition coefficient (Wildman–Crippen LogP) is 1.26. The van der Waals surface area contributed by atoms with Crippen LogP contribution >= 0.6 is 0 Å². The Morgan fingerprint density at radius 1 is 1.46 bits per heavy atom. The third kappa shape index (κ3) is 2.60. The summed E-state index contributed by atoms with van der Waals surface area (Å²) in [6, 6.07) is 1.72. The average Bonchev–Trinajstić information content (AvgIpc) is 3.31. The van der Waals surface area contributed by atoms with E-state index in [1.165, 1.54) is 10.8 Å². The SMILES string of the molecule is CCc1nocc1C(=O)NC12CCCC1N(c1cc(=O)n(C)cn1)CC2. The number of rotatable bonds is 4. The van der Waals surface area contributed by atoms with E-state index in [0.717, 1.165) is 32.2 Å². The van der Waals surface area contributed by atoms with Crippen LogP contribution in [0.4, 0.5) is 5.82 Å². The van der Waals surface area contributed by atoms with Crippen LogP contribution in [0.15, 0.2) is 28.0 Å². The van der Waals surface area contributed by atoms with Crippen LogP contribution in [-0.2, 0) is 13.5 Å². The first kappa shape index (κ1) is 16.8. The Morgan fingerprint density at radius 2 is 2.31 bits per heavy atom. The molecule has 1 aliphatic carbocycles. The monoisotopic (exact) mass is 357 g/mol. The van der Waals surface area contributed by atoms with E-state index in [9.17, 15) is 9.59 Å². The first-order chi connectivity index (χ1) is 12.5. The van der Waals surface area contributed by atoms with Crippen LogP contribution in [0.3, 0.4) is 0 Å². The molecule has 2 aliphatic rings. The molecule has 8 heteroatoms. The van der Waals surface area contributed by atoms with Crippen LogP contribution in [0, 0.1) is 0 Å². The van der Waals surface area contributed by atoms with Gasteiger partial charge in [0.25, 0.3) is 11.5 Å². The lowest BCUT2D eigenvalue weighted by molar-refractivity contribution is 0.0898. The number of fused-ring (bicyclic) bond motifs is 1. The summed E-state index contributed by atoms with van der Waals surface area (Å²) in [7, 11) is 1.69. The number of hydrogen-bond donors (Lipinski definition) is 1. The molecule has 3 heterocycles. The maximum absolute atomic E-state index is 12.8. The Morgan fingerprint density at radius 3 is 3.08 bits per heavy atom. The van der Waals surface area contributed by atoms with Crippen molar-refractivity contribution in [1.29, 1.82) is 0 Å². The molecule has 2 unspecified atom stereocenters. The lowest BCUT2D eigenvalue weighted by atomic mass is 9.92. The molecule has 1 saturated carbocycles. The molecular formula is C18H23N5O3.